The van der Waals surface area contributed by atoms with E-state index in [1.807, 2.05) is 0 Å². The van der Waals surface area contributed by atoms with E-state index >= 15 is 0 Å². The molecule has 3 heterocycles. The van der Waals surface area contributed by atoms with Gasteiger partial charge in [-0.25, -0.2) is 0 Å². The van der Waals surface area contributed by atoms with Gasteiger partial charge in [-0.1, -0.05) is 24.3 Å². The first-order chi connectivity index (χ1) is 11.3. The van der Waals surface area contributed by atoms with E-state index in [1.165, 1.54) is 43.5 Å². The first kappa shape index (κ1) is 15.2. The molecule has 2 unspecified atom stereocenters. The van der Waals surface area contributed by atoms with Crippen molar-refractivity contribution in [3.05, 3.63) is 35.4 Å². The highest BCUT2D eigenvalue weighted by Crippen LogP contribution is 2.23. The second-order valence-corrected chi connectivity index (χ2v) is 7.23. The predicted octanol–water partition coefficient (Wildman–Crippen LogP) is 1.79. The van der Waals surface area contributed by atoms with Gasteiger partial charge >= 0.3 is 0 Å². The summed E-state index contributed by atoms with van der Waals surface area (Å²) in [4.78, 5) is 17.7. The van der Waals surface area contributed by atoms with Gasteiger partial charge in [-0.3, -0.25) is 9.69 Å². The van der Waals surface area contributed by atoms with Crippen LogP contribution in [0.2, 0.25) is 0 Å². The Bertz CT molecular complexity index is 567. The van der Waals surface area contributed by atoms with E-state index in [0.29, 0.717) is 11.9 Å². The summed E-state index contributed by atoms with van der Waals surface area (Å²) in [6.07, 6.45) is 5.89. The predicted molar refractivity (Wildman–Crippen MR) is 91.2 cm³/mol. The Balaban J connectivity index is 1.40. The number of rotatable bonds is 2. The van der Waals surface area contributed by atoms with Crippen LogP contribution in [0.25, 0.3) is 0 Å². The first-order valence-electron chi connectivity index (χ1n) is 9.14. The molecule has 23 heavy (non-hydrogen) atoms. The monoisotopic (exact) mass is 313 g/mol. The van der Waals surface area contributed by atoms with Crippen LogP contribution >= 0.6 is 0 Å². The molecule has 0 saturated carbocycles. The number of hydrogen-bond donors (Lipinski definition) is 1. The smallest absolute Gasteiger partial charge is 0.240 e. The summed E-state index contributed by atoms with van der Waals surface area (Å²) in [5.74, 6) is 0.309. The van der Waals surface area contributed by atoms with Gasteiger partial charge in [0.2, 0.25) is 5.91 Å². The molecule has 124 valence electrons. The van der Waals surface area contributed by atoms with Crippen molar-refractivity contribution in [2.24, 2.45) is 0 Å². The van der Waals surface area contributed by atoms with Crippen molar-refractivity contribution in [3.8, 4) is 0 Å². The van der Waals surface area contributed by atoms with E-state index in [2.05, 4.69) is 39.4 Å². The molecule has 2 atom stereocenters. The van der Waals surface area contributed by atoms with Crippen LogP contribution in [0.3, 0.4) is 0 Å². The second-order valence-electron chi connectivity index (χ2n) is 7.23. The van der Waals surface area contributed by atoms with E-state index in [-0.39, 0.29) is 6.04 Å². The fraction of sp³-hybridized carbons (Fsp3) is 0.632. The average molecular weight is 313 g/mol. The minimum Gasteiger partial charge on any atom is -0.340 e. The van der Waals surface area contributed by atoms with Gasteiger partial charge in [-0.15, -0.1) is 0 Å². The topological polar surface area (TPSA) is 35.6 Å². The van der Waals surface area contributed by atoms with E-state index < -0.39 is 0 Å². The zero-order chi connectivity index (χ0) is 15.6. The van der Waals surface area contributed by atoms with E-state index in [1.54, 1.807) is 0 Å². The molecule has 2 saturated heterocycles. The van der Waals surface area contributed by atoms with Gasteiger partial charge in [-0.05, 0) is 56.3 Å². The van der Waals surface area contributed by atoms with Crippen LogP contribution in [0.5, 0.6) is 0 Å². The van der Waals surface area contributed by atoms with Gasteiger partial charge in [0.25, 0.3) is 0 Å². The molecule has 1 aromatic carbocycles. The van der Waals surface area contributed by atoms with Crippen molar-refractivity contribution in [1.82, 2.24) is 15.1 Å². The van der Waals surface area contributed by atoms with Crippen molar-refractivity contribution < 1.29 is 4.79 Å². The molecule has 0 spiro atoms. The summed E-state index contributed by atoms with van der Waals surface area (Å²) in [6, 6.07) is 9.03. The molecule has 0 radical (unpaired) electrons. The quantitative estimate of drug-likeness (QED) is 0.904. The number of fused-ring (bicyclic) bond motifs is 1. The molecule has 2 fully saturated rings. The van der Waals surface area contributed by atoms with Gasteiger partial charge in [-0.2, -0.15) is 0 Å². The second kappa shape index (κ2) is 6.62. The Labute approximate surface area is 138 Å². The Hall–Kier alpha value is -1.39. The highest BCUT2D eigenvalue weighted by atomic mass is 16.2. The highest BCUT2D eigenvalue weighted by Gasteiger charge is 2.33. The lowest BCUT2D eigenvalue weighted by molar-refractivity contribution is -0.135. The fourth-order valence-electron chi connectivity index (χ4n) is 4.41. The summed E-state index contributed by atoms with van der Waals surface area (Å²) in [6.45, 7) is 5.13. The van der Waals surface area contributed by atoms with Gasteiger partial charge in [0.1, 0.15) is 0 Å². The Morgan fingerprint density at radius 1 is 1.04 bits per heavy atom. The van der Waals surface area contributed by atoms with Crippen molar-refractivity contribution >= 4 is 5.91 Å². The van der Waals surface area contributed by atoms with Crippen molar-refractivity contribution in [3.63, 3.8) is 0 Å². The molecule has 4 rings (SSSR count). The van der Waals surface area contributed by atoms with Crippen molar-refractivity contribution in [1.29, 1.82) is 0 Å². The van der Waals surface area contributed by atoms with E-state index in [0.717, 1.165) is 32.5 Å². The van der Waals surface area contributed by atoms with Crippen LogP contribution in [-0.4, -0.2) is 54.0 Å². The standard InChI is InChI=1S/C19H27N3O/c23-19(18-12-15-6-1-2-7-16(15)13-20-18)22-11-5-8-17(14-22)21-9-3-4-10-21/h1-2,6-7,17-18,20H,3-5,8-14H2. The molecule has 3 aliphatic rings. The summed E-state index contributed by atoms with van der Waals surface area (Å²) in [5.41, 5.74) is 2.67. The number of amides is 1. The summed E-state index contributed by atoms with van der Waals surface area (Å²) in [7, 11) is 0. The largest absolute Gasteiger partial charge is 0.340 e. The number of nitrogens with one attached hydrogen (secondary N) is 1. The minimum atomic E-state index is -0.0396. The van der Waals surface area contributed by atoms with Crippen LogP contribution in [0.4, 0.5) is 0 Å². The van der Waals surface area contributed by atoms with Gasteiger partial charge in [0, 0.05) is 25.7 Å². The summed E-state index contributed by atoms with van der Waals surface area (Å²) < 4.78 is 0. The van der Waals surface area contributed by atoms with Crippen molar-refractivity contribution in [2.75, 3.05) is 26.2 Å². The Kier molecular flexibility index (Phi) is 4.36. The Morgan fingerprint density at radius 2 is 1.83 bits per heavy atom. The maximum Gasteiger partial charge on any atom is 0.240 e. The molecule has 0 bridgehead atoms. The first-order valence-corrected chi connectivity index (χ1v) is 9.14. The third-order valence-corrected chi connectivity index (χ3v) is 5.74. The van der Waals surface area contributed by atoms with Crippen LogP contribution in [0.15, 0.2) is 24.3 Å². The maximum atomic E-state index is 13.0. The van der Waals surface area contributed by atoms with E-state index in [4.69, 9.17) is 0 Å². The molecule has 0 aliphatic carbocycles. The molecular formula is C19H27N3O. The minimum absolute atomic E-state index is 0.0396. The van der Waals surface area contributed by atoms with Crippen LogP contribution in [0, 0.1) is 0 Å². The number of piperidine rings is 1. The normalized spacial score (nSPS) is 28.6. The SMILES string of the molecule is O=C(C1Cc2ccccc2CN1)N1CCCC(N2CCCC2)C1. The molecule has 4 heteroatoms. The summed E-state index contributed by atoms with van der Waals surface area (Å²) >= 11 is 0. The molecule has 1 amide bonds. The number of carbonyl (C=O) groups is 1. The lowest BCUT2D eigenvalue weighted by Gasteiger charge is -2.39. The van der Waals surface area contributed by atoms with Gasteiger partial charge < -0.3 is 10.2 Å². The lowest BCUT2D eigenvalue weighted by atomic mass is 9.94. The van der Waals surface area contributed by atoms with Crippen LogP contribution in [0.1, 0.15) is 36.8 Å². The van der Waals surface area contributed by atoms with Gasteiger partial charge in [0.15, 0.2) is 0 Å². The molecular weight excluding hydrogens is 286 g/mol. The fourth-order valence-corrected chi connectivity index (χ4v) is 4.41. The Morgan fingerprint density at radius 3 is 2.65 bits per heavy atom. The van der Waals surface area contributed by atoms with Gasteiger partial charge in [0.05, 0.1) is 6.04 Å². The molecule has 4 nitrogen and oxygen atoms in total. The summed E-state index contributed by atoms with van der Waals surface area (Å²) in [5, 5.41) is 3.45. The van der Waals surface area contributed by atoms with Crippen LogP contribution in [-0.2, 0) is 17.8 Å². The average Bonchev–Trinajstić information content (AvgIpc) is 3.15. The zero-order valence-electron chi connectivity index (χ0n) is 13.8. The molecule has 1 N–H and O–H groups in total. The number of benzene rings is 1. The number of carbonyl (C=O) groups excluding carboxylic acids is 1. The third-order valence-electron chi connectivity index (χ3n) is 5.74. The molecule has 3 aliphatic heterocycles. The molecule has 1 aromatic rings. The maximum absolute atomic E-state index is 13.0. The zero-order valence-corrected chi connectivity index (χ0v) is 13.8. The van der Waals surface area contributed by atoms with Crippen molar-refractivity contribution in [2.45, 2.75) is 50.7 Å². The highest BCUT2D eigenvalue weighted by molar-refractivity contribution is 5.82. The molecule has 0 aromatic heterocycles. The van der Waals surface area contributed by atoms with E-state index in [9.17, 15) is 4.79 Å². The number of likely N-dealkylation sites (tertiary alicyclic amines) is 2. The van der Waals surface area contributed by atoms with Crippen LogP contribution < -0.4 is 5.32 Å². The third kappa shape index (κ3) is 3.15. The lowest BCUT2D eigenvalue weighted by Crippen LogP contribution is -2.55. The number of hydrogen-bond acceptors (Lipinski definition) is 3. The number of nitrogens with zero attached hydrogens (tertiary/aromatic N) is 2.